The Bertz CT molecular complexity index is 4260. The van der Waals surface area contributed by atoms with E-state index in [9.17, 15) is 0 Å². The van der Waals surface area contributed by atoms with Crippen molar-refractivity contribution in [3.8, 4) is 74.0 Å². The fourth-order valence-corrected chi connectivity index (χ4v) is 11.9. The Morgan fingerprint density at radius 1 is 0.275 bits per heavy atom. The first-order valence-electron chi connectivity index (χ1n) is 22.8. The van der Waals surface area contributed by atoms with Crippen molar-refractivity contribution in [1.82, 2.24) is 34.5 Å². The lowest BCUT2D eigenvalue weighted by Crippen LogP contribution is -2.05. The highest BCUT2D eigenvalue weighted by atomic mass is 32.1. The molecule has 0 bridgehead atoms. The highest BCUT2D eigenvalue weighted by Crippen LogP contribution is 2.45. The molecular formula is C60H35N7S2. The van der Waals surface area contributed by atoms with Crippen molar-refractivity contribution in [2.24, 2.45) is 0 Å². The number of fused-ring (bicyclic) bond motifs is 10. The molecule has 0 aliphatic rings. The van der Waals surface area contributed by atoms with E-state index in [1.54, 1.807) is 11.3 Å². The van der Waals surface area contributed by atoms with Crippen LogP contribution < -0.4 is 0 Å². The average Bonchev–Trinajstić information content (AvgIpc) is 4.10. The van der Waals surface area contributed by atoms with E-state index in [4.69, 9.17) is 29.9 Å². The predicted octanol–water partition coefficient (Wildman–Crippen LogP) is 15.9. The van der Waals surface area contributed by atoms with Crippen LogP contribution in [-0.4, -0.2) is 34.5 Å². The Morgan fingerprint density at radius 3 is 1.36 bits per heavy atom. The first kappa shape index (κ1) is 39.4. The van der Waals surface area contributed by atoms with Gasteiger partial charge in [0.15, 0.2) is 34.9 Å². The maximum atomic E-state index is 5.34. The summed E-state index contributed by atoms with van der Waals surface area (Å²) in [6.07, 6.45) is 0. The Balaban J connectivity index is 1.05. The fraction of sp³-hybridized carbons (Fsp3) is 0. The summed E-state index contributed by atoms with van der Waals surface area (Å²) in [5.41, 5.74) is 8.29. The minimum Gasteiger partial charge on any atom is -0.308 e. The first-order valence-corrected chi connectivity index (χ1v) is 24.4. The lowest BCUT2D eigenvalue weighted by molar-refractivity contribution is 1.06. The van der Waals surface area contributed by atoms with Crippen molar-refractivity contribution >= 4 is 84.8 Å². The van der Waals surface area contributed by atoms with Crippen molar-refractivity contribution in [1.29, 1.82) is 0 Å². The van der Waals surface area contributed by atoms with Gasteiger partial charge in [-0.3, -0.25) is 0 Å². The normalized spacial score (nSPS) is 11.8. The molecular weight excluding hydrogens is 883 g/mol. The summed E-state index contributed by atoms with van der Waals surface area (Å²) in [7, 11) is 0. The zero-order chi connectivity index (χ0) is 45.4. The summed E-state index contributed by atoms with van der Waals surface area (Å²) in [5.74, 6) is 3.40. The second kappa shape index (κ2) is 16.0. The van der Waals surface area contributed by atoms with Gasteiger partial charge in [-0.1, -0.05) is 146 Å². The number of hydrogen-bond acceptors (Lipinski definition) is 8. The Kier molecular flexibility index (Phi) is 9.11. The predicted molar refractivity (Wildman–Crippen MR) is 286 cm³/mol. The van der Waals surface area contributed by atoms with Gasteiger partial charge < -0.3 is 4.57 Å². The van der Waals surface area contributed by atoms with Gasteiger partial charge in [0.2, 0.25) is 0 Å². The van der Waals surface area contributed by atoms with Gasteiger partial charge in [0, 0.05) is 84.5 Å². The van der Waals surface area contributed by atoms with E-state index in [1.165, 1.54) is 51.1 Å². The topological polar surface area (TPSA) is 82.3 Å². The van der Waals surface area contributed by atoms with Gasteiger partial charge >= 0.3 is 0 Å². The molecule has 0 fully saturated rings. The third-order valence-electron chi connectivity index (χ3n) is 12.9. The molecule has 7 nitrogen and oxygen atoms in total. The molecule has 0 radical (unpaired) electrons. The molecule has 0 saturated heterocycles. The summed E-state index contributed by atoms with van der Waals surface area (Å²) in [5, 5.41) is 7.31. The smallest absolute Gasteiger partial charge is 0.166 e. The monoisotopic (exact) mass is 917 g/mol. The zero-order valence-corrected chi connectivity index (χ0v) is 38.3. The number of rotatable bonds is 7. The molecule has 0 atom stereocenters. The molecule has 5 heterocycles. The van der Waals surface area contributed by atoms with E-state index in [-0.39, 0.29) is 0 Å². The van der Waals surface area contributed by atoms with E-state index < -0.39 is 0 Å². The van der Waals surface area contributed by atoms with Gasteiger partial charge in [-0.2, -0.15) is 0 Å². The van der Waals surface area contributed by atoms with Crippen LogP contribution in [0.5, 0.6) is 0 Å². The van der Waals surface area contributed by atoms with Crippen LogP contribution >= 0.6 is 22.7 Å². The van der Waals surface area contributed by atoms with Gasteiger partial charge in [0.05, 0.1) is 16.7 Å². The molecule has 322 valence electrons. The molecule has 0 aliphatic carbocycles. The van der Waals surface area contributed by atoms with Crippen LogP contribution in [0, 0.1) is 0 Å². The molecule has 0 spiro atoms. The Morgan fingerprint density at radius 2 is 0.725 bits per heavy atom. The van der Waals surface area contributed by atoms with E-state index >= 15 is 0 Å². The maximum Gasteiger partial charge on any atom is 0.166 e. The third-order valence-corrected chi connectivity index (χ3v) is 15.2. The molecule has 0 aliphatic heterocycles. The van der Waals surface area contributed by atoms with Gasteiger partial charge in [-0.25, -0.2) is 29.9 Å². The minimum absolute atomic E-state index is 0.528. The second-order valence-corrected chi connectivity index (χ2v) is 19.2. The van der Waals surface area contributed by atoms with E-state index in [0.717, 1.165) is 50.1 Å². The zero-order valence-electron chi connectivity index (χ0n) is 36.7. The second-order valence-electron chi connectivity index (χ2n) is 17.0. The highest BCUT2D eigenvalue weighted by molar-refractivity contribution is 7.26. The van der Waals surface area contributed by atoms with Crippen molar-refractivity contribution in [3.05, 3.63) is 212 Å². The van der Waals surface area contributed by atoms with Crippen LogP contribution in [0.2, 0.25) is 0 Å². The highest BCUT2D eigenvalue weighted by Gasteiger charge is 2.24. The maximum absolute atomic E-state index is 5.34. The van der Waals surface area contributed by atoms with Crippen molar-refractivity contribution in [2.45, 2.75) is 0 Å². The van der Waals surface area contributed by atoms with Crippen molar-refractivity contribution in [3.63, 3.8) is 0 Å². The lowest BCUT2D eigenvalue weighted by Gasteiger charge is -2.16. The number of para-hydroxylation sites is 1. The third kappa shape index (κ3) is 6.62. The molecule has 9 heteroatoms. The standard InChI is InChI=1S/C60H35N7S2/c1-4-16-36(17-5-1)55-62-58(64-59(63-55)40-29-32-51-44(34-40)41-22-11-14-26-49(41)68-51)39-28-30-47(45(35-39)60-65-56(37-18-6-2-7-19-37)61-57(66-60)38-20-8-3-9-21-38)67-46-25-13-10-23-42(46)53-48(67)31-33-52-54(53)43-24-12-15-27-50(43)69-52/h1-35H. The number of hydrogen-bond donors (Lipinski definition) is 0. The summed E-state index contributed by atoms with van der Waals surface area (Å²) < 4.78 is 7.37. The van der Waals surface area contributed by atoms with Crippen LogP contribution in [-0.2, 0) is 0 Å². The molecule has 69 heavy (non-hydrogen) atoms. The number of benzene rings is 9. The van der Waals surface area contributed by atoms with Crippen LogP contribution in [0.4, 0.5) is 0 Å². The Hall–Kier alpha value is -8.76. The largest absolute Gasteiger partial charge is 0.308 e. The van der Waals surface area contributed by atoms with Gasteiger partial charge in [-0.15, -0.1) is 22.7 Å². The number of thiophene rings is 2. The van der Waals surface area contributed by atoms with Gasteiger partial charge in [0.25, 0.3) is 0 Å². The van der Waals surface area contributed by atoms with Crippen LogP contribution in [0.1, 0.15) is 0 Å². The van der Waals surface area contributed by atoms with Crippen molar-refractivity contribution in [2.75, 3.05) is 0 Å². The molecule has 14 rings (SSSR count). The van der Waals surface area contributed by atoms with Crippen LogP contribution in [0.3, 0.4) is 0 Å². The molecule has 0 unspecified atom stereocenters. The summed E-state index contributed by atoms with van der Waals surface area (Å²) in [6, 6.07) is 73.9. The quantitative estimate of drug-likeness (QED) is 0.158. The average molecular weight is 918 g/mol. The minimum atomic E-state index is 0.528. The number of aromatic nitrogens is 7. The summed E-state index contributed by atoms with van der Waals surface area (Å²) in [6.45, 7) is 0. The summed E-state index contributed by atoms with van der Waals surface area (Å²) >= 11 is 3.63. The van der Waals surface area contributed by atoms with Crippen LogP contribution in [0.25, 0.3) is 136 Å². The SMILES string of the molecule is c1ccc(-c2nc(-c3ccc(-n4c5ccccc5c5c6c(ccc54)sc4ccccc46)c(-c4nc(-c5ccccc5)nc(-c5ccccc5)n4)c3)nc(-c3ccc4sc5ccccc5c4c3)n2)cc1. The molecule has 0 saturated carbocycles. The number of nitrogens with zero attached hydrogens (tertiary/aromatic N) is 7. The van der Waals surface area contributed by atoms with Crippen molar-refractivity contribution < 1.29 is 0 Å². The van der Waals surface area contributed by atoms with Gasteiger partial charge in [-0.05, 0) is 66.7 Å². The van der Waals surface area contributed by atoms with Gasteiger partial charge in [0.1, 0.15) is 0 Å². The summed E-state index contributed by atoms with van der Waals surface area (Å²) in [4.78, 5) is 31.5. The lowest BCUT2D eigenvalue weighted by atomic mass is 10.0. The van der Waals surface area contributed by atoms with E-state index in [1.807, 2.05) is 102 Å². The van der Waals surface area contributed by atoms with E-state index in [0.29, 0.717) is 34.9 Å². The fourth-order valence-electron chi connectivity index (χ4n) is 9.73. The van der Waals surface area contributed by atoms with Crippen LogP contribution in [0.15, 0.2) is 212 Å². The first-order chi connectivity index (χ1) is 34.2. The molecule has 14 aromatic rings. The molecule has 5 aromatic heterocycles. The molecule has 9 aromatic carbocycles. The van der Waals surface area contributed by atoms with E-state index in [2.05, 4.69) is 126 Å². The Labute approximate surface area is 403 Å². The molecule has 0 amide bonds. The molecule has 0 N–H and O–H groups in total.